The van der Waals surface area contributed by atoms with Crippen molar-refractivity contribution in [1.82, 2.24) is 4.98 Å². The van der Waals surface area contributed by atoms with Crippen LogP contribution in [-0.2, 0) is 6.42 Å². The molecule has 3 heteroatoms. The Hall–Kier alpha value is -1.35. The minimum Gasteiger partial charge on any atom is -0.398 e. The second-order valence-electron chi connectivity index (χ2n) is 5.54. The molecule has 0 aliphatic heterocycles. The van der Waals surface area contributed by atoms with Crippen LogP contribution in [0.5, 0.6) is 0 Å². The summed E-state index contributed by atoms with van der Waals surface area (Å²) in [7, 11) is 0. The Morgan fingerprint density at radius 2 is 2.33 bits per heavy atom. The second kappa shape index (κ2) is 5.53. The van der Waals surface area contributed by atoms with E-state index in [1.165, 1.54) is 5.57 Å². The number of nitrogens with zero attached hydrogens (tertiary/aromatic N) is 1. The van der Waals surface area contributed by atoms with Crippen molar-refractivity contribution in [3.8, 4) is 0 Å². The maximum absolute atomic E-state index is 10.4. The van der Waals surface area contributed by atoms with E-state index in [-0.39, 0.29) is 6.10 Å². The zero-order valence-corrected chi connectivity index (χ0v) is 11.1. The number of nitrogen functional groups attached to an aromatic ring is 1. The Morgan fingerprint density at radius 3 is 3.00 bits per heavy atom. The summed E-state index contributed by atoms with van der Waals surface area (Å²) in [4.78, 5) is 4.07. The van der Waals surface area contributed by atoms with Gasteiger partial charge in [-0.3, -0.25) is 4.98 Å². The van der Waals surface area contributed by atoms with Gasteiger partial charge in [-0.25, -0.2) is 0 Å². The first-order valence-electron chi connectivity index (χ1n) is 6.60. The molecule has 0 fully saturated rings. The van der Waals surface area contributed by atoms with Gasteiger partial charge in [0.05, 0.1) is 6.10 Å². The monoisotopic (exact) mass is 246 g/mol. The highest BCUT2D eigenvalue weighted by molar-refractivity contribution is 5.44. The van der Waals surface area contributed by atoms with E-state index in [0.29, 0.717) is 18.3 Å². The maximum Gasteiger partial charge on any atom is 0.0613 e. The molecule has 1 aliphatic carbocycles. The quantitative estimate of drug-likeness (QED) is 0.806. The van der Waals surface area contributed by atoms with Crippen LogP contribution in [0.4, 0.5) is 5.69 Å². The topological polar surface area (TPSA) is 59.1 Å². The highest BCUT2D eigenvalue weighted by atomic mass is 16.3. The molecule has 2 rings (SSSR count). The molecule has 98 valence electrons. The van der Waals surface area contributed by atoms with Gasteiger partial charge in [-0.1, -0.05) is 18.6 Å². The molecule has 3 nitrogen and oxygen atoms in total. The Labute approximate surface area is 109 Å². The molecule has 3 unspecified atom stereocenters. The van der Waals surface area contributed by atoms with Gasteiger partial charge in [-0.15, -0.1) is 0 Å². The number of pyridine rings is 1. The summed E-state index contributed by atoms with van der Waals surface area (Å²) in [6.07, 6.45) is 8.06. The molecule has 0 saturated heterocycles. The van der Waals surface area contributed by atoms with E-state index < -0.39 is 0 Å². The lowest BCUT2D eigenvalue weighted by atomic mass is 9.79. The number of rotatable bonds is 3. The number of allylic oxidation sites excluding steroid dienone is 2. The fraction of sp³-hybridized carbons (Fsp3) is 0.533. The summed E-state index contributed by atoms with van der Waals surface area (Å²) in [5.41, 5.74) is 8.95. The van der Waals surface area contributed by atoms with Crippen molar-refractivity contribution in [1.29, 1.82) is 0 Å². The molecule has 0 spiro atoms. The van der Waals surface area contributed by atoms with Crippen molar-refractivity contribution in [3.63, 3.8) is 0 Å². The van der Waals surface area contributed by atoms with Crippen molar-refractivity contribution in [2.75, 3.05) is 5.73 Å². The minimum absolute atomic E-state index is 0.331. The van der Waals surface area contributed by atoms with Gasteiger partial charge < -0.3 is 10.8 Å². The average Bonchev–Trinajstić information content (AvgIpc) is 2.31. The van der Waals surface area contributed by atoms with E-state index in [2.05, 4.69) is 24.9 Å². The predicted octanol–water partition coefficient (Wildman–Crippen LogP) is 2.56. The zero-order chi connectivity index (χ0) is 13.1. The molecule has 3 N–H and O–H groups in total. The Bertz CT molecular complexity index is 442. The van der Waals surface area contributed by atoms with Gasteiger partial charge in [0.25, 0.3) is 0 Å². The van der Waals surface area contributed by atoms with Crippen LogP contribution in [0.3, 0.4) is 0 Å². The van der Waals surface area contributed by atoms with E-state index in [4.69, 9.17) is 5.73 Å². The first kappa shape index (κ1) is 13.1. The summed E-state index contributed by atoms with van der Waals surface area (Å²) >= 11 is 0. The van der Waals surface area contributed by atoms with Crippen LogP contribution in [-0.4, -0.2) is 16.2 Å². The second-order valence-corrected chi connectivity index (χ2v) is 5.54. The lowest BCUT2D eigenvalue weighted by molar-refractivity contribution is 0.0933. The van der Waals surface area contributed by atoms with Crippen LogP contribution in [0.2, 0.25) is 0 Å². The number of aliphatic hydroxyl groups is 1. The van der Waals surface area contributed by atoms with Gasteiger partial charge in [-0.2, -0.15) is 0 Å². The van der Waals surface area contributed by atoms with E-state index in [1.54, 1.807) is 18.5 Å². The zero-order valence-electron chi connectivity index (χ0n) is 11.1. The fourth-order valence-electron chi connectivity index (χ4n) is 2.89. The van der Waals surface area contributed by atoms with Crippen LogP contribution in [0, 0.1) is 11.8 Å². The van der Waals surface area contributed by atoms with E-state index >= 15 is 0 Å². The molecule has 0 radical (unpaired) electrons. The van der Waals surface area contributed by atoms with Crippen LogP contribution in [0.25, 0.3) is 0 Å². The van der Waals surface area contributed by atoms with Gasteiger partial charge in [0.15, 0.2) is 0 Å². The van der Waals surface area contributed by atoms with Gasteiger partial charge >= 0.3 is 0 Å². The third-order valence-electron chi connectivity index (χ3n) is 3.74. The highest BCUT2D eigenvalue weighted by Crippen LogP contribution is 2.31. The number of anilines is 1. The van der Waals surface area contributed by atoms with Gasteiger partial charge in [-0.05, 0) is 43.2 Å². The Balaban J connectivity index is 2.03. The summed E-state index contributed by atoms with van der Waals surface area (Å²) in [6, 6.07) is 1.79. The third kappa shape index (κ3) is 3.10. The van der Waals surface area contributed by atoms with Crippen LogP contribution in [0.15, 0.2) is 30.1 Å². The molecule has 1 aromatic rings. The predicted molar refractivity (Wildman–Crippen MR) is 74.0 cm³/mol. The summed E-state index contributed by atoms with van der Waals surface area (Å²) in [6.45, 7) is 4.36. The smallest absolute Gasteiger partial charge is 0.0613 e. The fourth-order valence-corrected chi connectivity index (χ4v) is 2.89. The molecule has 3 atom stereocenters. The normalized spacial score (nSPS) is 25.6. The summed E-state index contributed by atoms with van der Waals surface area (Å²) in [5, 5.41) is 10.4. The standard InChI is InChI=1S/C15H22N2O/c1-10-5-11(2)7-12(6-10)15(18)8-13-9-17-4-3-14(13)16/h3-5,9-10,12,15,18H,6-8H2,1-2H3,(H2,16,17). The Kier molecular flexibility index (Phi) is 4.02. The van der Waals surface area contributed by atoms with Crippen molar-refractivity contribution < 1.29 is 5.11 Å². The van der Waals surface area contributed by atoms with Crippen molar-refractivity contribution >= 4 is 5.69 Å². The van der Waals surface area contributed by atoms with Crippen molar-refractivity contribution in [2.45, 2.75) is 39.2 Å². The van der Waals surface area contributed by atoms with E-state index in [1.807, 2.05) is 0 Å². The van der Waals surface area contributed by atoms with Crippen LogP contribution < -0.4 is 5.73 Å². The summed E-state index contributed by atoms with van der Waals surface area (Å²) in [5.74, 6) is 0.897. The number of aliphatic hydroxyl groups excluding tert-OH is 1. The minimum atomic E-state index is -0.331. The van der Waals surface area contributed by atoms with Gasteiger partial charge in [0.1, 0.15) is 0 Å². The van der Waals surface area contributed by atoms with E-state index in [9.17, 15) is 5.11 Å². The first-order chi connectivity index (χ1) is 8.56. The molecule has 18 heavy (non-hydrogen) atoms. The molecular weight excluding hydrogens is 224 g/mol. The lowest BCUT2D eigenvalue weighted by Gasteiger charge is -2.29. The molecule has 1 heterocycles. The first-order valence-corrected chi connectivity index (χ1v) is 6.60. The summed E-state index contributed by atoms with van der Waals surface area (Å²) < 4.78 is 0. The SMILES string of the molecule is CC1=CC(C)CC(C(O)Cc2cnccc2N)C1. The average molecular weight is 246 g/mol. The highest BCUT2D eigenvalue weighted by Gasteiger charge is 2.25. The van der Waals surface area contributed by atoms with Crippen molar-refractivity contribution in [3.05, 3.63) is 35.7 Å². The number of aromatic nitrogens is 1. The molecule has 0 amide bonds. The third-order valence-corrected chi connectivity index (χ3v) is 3.74. The van der Waals surface area contributed by atoms with Crippen molar-refractivity contribution in [2.24, 2.45) is 11.8 Å². The molecule has 0 bridgehead atoms. The molecule has 0 aromatic carbocycles. The maximum atomic E-state index is 10.4. The molecule has 1 aliphatic rings. The van der Waals surface area contributed by atoms with Crippen LogP contribution >= 0.6 is 0 Å². The van der Waals surface area contributed by atoms with Crippen LogP contribution in [0.1, 0.15) is 32.3 Å². The lowest BCUT2D eigenvalue weighted by Crippen LogP contribution is -2.27. The Morgan fingerprint density at radius 1 is 1.56 bits per heavy atom. The number of hydrogen-bond donors (Lipinski definition) is 2. The van der Waals surface area contributed by atoms with E-state index in [0.717, 1.165) is 24.1 Å². The number of hydrogen-bond acceptors (Lipinski definition) is 3. The van der Waals surface area contributed by atoms with Gasteiger partial charge in [0.2, 0.25) is 0 Å². The van der Waals surface area contributed by atoms with Gasteiger partial charge in [0, 0.05) is 24.5 Å². The molecule has 1 aromatic heterocycles. The largest absolute Gasteiger partial charge is 0.398 e. The number of nitrogens with two attached hydrogens (primary N) is 1. The molecule has 0 saturated carbocycles. The molecular formula is C15H22N2O.